The van der Waals surface area contributed by atoms with Gasteiger partial charge in [-0.2, -0.15) is 0 Å². The van der Waals surface area contributed by atoms with Gasteiger partial charge in [-0.05, 0) is 37.1 Å². The van der Waals surface area contributed by atoms with Gasteiger partial charge < -0.3 is 15.5 Å². The molecular formula is C17H23ClFN3O2. The molecule has 2 aliphatic rings. The third-order valence-electron chi connectivity index (χ3n) is 4.60. The van der Waals surface area contributed by atoms with Crippen LogP contribution >= 0.6 is 12.4 Å². The van der Waals surface area contributed by atoms with E-state index in [1.807, 2.05) is 0 Å². The van der Waals surface area contributed by atoms with E-state index < -0.39 is 0 Å². The molecule has 24 heavy (non-hydrogen) atoms. The van der Waals surface area contributed by atoms with Crippen molar-refractivity contribution in [3.05, 3.63) is 35.6 Å². The number of piperidine rings is 1. The molecule has 1 aromatic rings. The van der Waals surface area contributed by atoms with Gasteiger partial charge in [0.15, 0.2) is 0 Å². The molecule has 0 saturated carbocycles. The lowest BCUT2D eigenvalue weighted by Crippen LogP contribution is -2.50. The summed E-state index contributed by atoms with van der Waals surface area (Å²) in [4.78, 5) is 26.4. The van der Waals surface area contributed by atoms with Gasteiger partial charge in [0, 0.05) is 44.2 Å². The van der Waals surface area contributed by atoms with Crippen LogP contribution in [0.4, 0.5) is 4.39 Å². The Labute approximate surface area is 147 Å². The minimum Gasteiger partial charge on any atom is -0.355 e. The lowest BCUT2D eigenvalue weighted by molar-refractivity contribution is -0.126. The van der Waals surface area contributed by atoms with E-state index in [-0.39, 0.29) is 36.0 Å². The van der Waals surface area contributed by atoms with Crippen molar-refractivity contribution < 1.29 is 14.0 Å². The maximum absolute atomic E-state index is 13.0. The zero-order valence-electron chi connectivity index (χ0n) is 13.5. The van der Waals surface area contributed by atoms with Crippen molar-refractivity contribution in [2.45, 2.75) is 12.8 Å². The first-order valence-electron chi connectivity index (χ1n) is 8.17. The Morgan fingerprint density at radius 1 is 1.25 bits per heavy atom. The fourth-order valence-corrected chi connectivity index (χ4v) is 3.03. The second-order valence-corrected chi connectivity index (χ2v) is 6.37. The van der Waals surface area contributed by atoms with Crippen molar-refractivity contribution in [1.82, 2.24) is 15.5 Å². The molecule has 1 unspecified atom stereocenters. The van der Waals surface area contributed by atoms with Crippen molar-refractivity contribution in [2.24, 2.45) is 11.8 Å². The summed E-state index contributed by atoms with van der Waals surface area (Å²) in [5.74, 6) is -0.0807. The molecule has 0 aliphatic carbocycles. The molecule has 2 saturated heterocycles. The first-order chi connectivity index (χ1) is 11.1. The number of benzene rings is 1. The summed E-state index contributed by atoms with van der Waals surface area (Å²) in [6, 6.07) is 5.55. The molecule has 2 fully saturated rings. The number of hydrogen-bond donors (Lipinski definition) is 2. The number of halogens is 2. The van der Waals surface area contributed by atoms with E-state index in [1.165, 1.54) is 24.3 Å². The normalized spacial score (nSPS) is 20.7. The van der Waals surface area contributed by atoms with Crippen LogP contribution < -0.4 is 10.6 Å². The molecule has 2 aliphatic heterocycles. The Morgan fingerprint density at radius 3 is 2.58 bits per heavy atom. The highest BCUT2D eigenvalue weighted by Gasteiger charge is 2.29. The molecule has 0 spiro atoms. The highest BCUT2D eigenvalue weighted by molar-refractivity contribution is 5.94. The smallest absolute Gasteiger partial charge is 0.253 e. The molecular weight excluding hydrogens is 333 g/mol. The zero-order chi connectivity index (χ0) is 16.2. The van der Waals surface area contributed by atoms with Crippen LogP contribution in [0, 0.1) is 17.7 Å². The molecule has 5 nitrogen and oxygen atoms in total. The molecule has 1 atom stereocenters. The van der Waals surface area contributed by atoms with Crippen LogP contribution in [0.15, 0.2) is 24.3 Å². The zero-order valence-corrected chi connectivity index (χ0v) is 14.3. The molecule has 7 heteroatoms. The van der Waals surface area contributed by atoms with Gasteiger partial charge >= 0.3 is 0 Å². The molecule has 0 radical (unpaired) electrons. The first kappa shape index (κ1) is 18.7. The van der Waals surface area contributed by atoms with Crippen molar-refractivity contribution in [3.63, 3.8) is 0 Å². The summed E-state index contributed by atoms with van der Waals surface area (Å²) < 4.78 is 13.0. The van der Waals surface area contributed by atoms with Crippen molar-refractivity contribution in [2.75, 3.05) is 32.7 Å². The number of nitrogens with one attached hydrogen (secondary N) is 2. The fraction of sp³-hybridized carbons (Fsp3) is 0.529. The van der Waals surface area contributed by atoms with Gasteiger partial charge in [0.2, 0.25) is 5.91 Å². The average Bonchev–Trinajstić information content (AvgIpc) is 2.53. The number of hydrogen-bond acceptors (Lipinski definition) is 3. The Balaban J connectivity index is 0.00000208. The predicted octanol–water partition coefficient (Wildman–Crippen LogP) is 1.44. The Kier molecular flexibility index (Phi) is 6.57. The van der Waals surface area contributed by atoms with Crippen LogP contribution in [0.1, 0.15) is 23.2 Å². The van der Waals surface area contributed by atoms with E-state index in [4.69, 9.17) is 0 Å². The maximum atomic E-state index is 13.0. The Morgan fingerprint density at radius 2 is 1.96 bits per heavy atom. The fourth-order valence-electron chi connectivity index (χ4n) is 3.03. The maximum Gasteiger partial charge on any atom is 0.253 e. The van der Waals surface area contributed by atoms with Gasteiger partial charge in [-0.1, -0.05) is 0 Å². The van der Waals surface area contributed by atoms with E-state index in [0.717, 1.165) is 25.9 Å². The standard InChI is InChI=1S/C17H22FN3O2.ClH/c18-15-5-3-13(4-6-15)17(23)21-7-1-2-14(11-21)16(22)20-10-12-8-19-9-12;/h3-6,12,14,19H,1-2,7-11H2,(H,20,22);1H. The van der Waals surface area contributed by atoms with Crippen LogP contribution in [0.3, 0.4) is 0 Å². The number of carbonyl (C=O) groups is 2. The molecule has 2 heterocycles. The highest BCUT2D eigenvalue weighted by Crippen LogP contribution is 2.19. The quantitative estimate of drug-likeness (QED) is 0.859. The van der Waals surface area contributed by atoms with Crippen LogP contribution in [0.2, 0.25) is 0 Å². The Bertz CT molecular complexity index is 578. The molecule has 3 rings (SSSR count). The summed E-state index contributed by atoms with van der Waals surface area (Å²) in [5.41, 5.74) is 0.466. The second-order valence-electron chi connectivity index (χ2n) is 6.37. The van der Waals surface area contributed by atoms with Gasteiger partial charge in [0.25, 0.3) is 5.91 Å². The largest absolute Gasteiger partial charge is 0.355 e. The van der Waals surface area contributed by atoms with E-state index >= 15 is 0 Å². The minimum atomic E-state index is -0.358. The predicted molar refractivity (Wildman–Crippen MR) is 91.6 cm³/mol. The summed E-state index contributed by atoms with van der Waals surface area (Å²) in [6.07, 6.45) is 1.62. The van der Waals surface area contributed by atoms with Crippen molar-refractivity contribution in [1.29, 1.82) is 0 Å². The third kappa shape index (κ3) is 4.45. The lowest BCUT2D eigenvalue weighted by atomic mass is 9.95. The Hall–Kier alpha value is -1.66. The molecule has 2 amide bonds. The summed E-state index contributed by atoms with van der Waals surface area (Å²) >= 11 is 0. The third-order valence-corrected chi connectivity index (χ3v) is 4.60. The van der Waals surface area contributed by atoms with Gasteiger partial charge in [-0.15, -0.1) is 12.4 Å². The minimum absolute atomic E-state index is 0. The van der Waals surface area contributed by atoms with E-state index in [1.54, 1.807) is 4.90 Å². The summed E-state index contributed by atoms with van der Waals surface area (Å²) in [7, 11) is 0. The second kappa shape index (κ2) is 8.44. The van der Waals surface area contributed by atoms with Gasteiger partial charge in [0.1, 0.15) is 5.82 Å². The molecule has 1 aromatic carbocycles. The topological polar surface area (TPSA) is 61.4 Å². The number of carbonyl (C=O) groups excluding carboxylic acids is 2. The van der Waals surface area contributed by atoms with Crippen LogP contribution in [0.5, 0.6) is 0 Å². The molecule has 0 bridgehead atoms. The van der Waals surface area contributed by atoms with Gasteiger partial charge in [-0.25, -0.2) is 4.39 Å². The van der Waals surface area contributed by atoms with Gasteiger partial charge in [0.05, 0.1) is 5.92 Å². The van der Waals surface area contributed by atoms with E-state index in [2.05, 4.69) is 10.6 Å². The molecule has 2 N–H and O–H groups in total. The summed E-state index contributed by atoms with van der Waals surface area (Å²) in [6.45, 7) is 3.70. The average molecular weight is 356 g/mol. The highest BCUT2D eigenvalue weighted by atomic mass is 35.5. The number of nitrogens with zero attached hydrogens (tertiary/aromatic N) is 1. The molecule has 132 valence electrons. The number of amides is 2. The molecule has 0 aromatic heterocycles. The SMILES string of the molecule is Cl.O=C(NCC1CNC1)C1CCCN(C(=O)c2ccc(F)cc2)C1. The van der Waals surface area contributed by atoms with Gasteiger partial charge in [-0.3, -0.25) is 9.59 Å². The monoisotopic (exact) mass is 355 g/mol. The summed E-state index contributed by atoms with van der Waals surface area (Å²) in [5, 5.41) is 6.17. The van der Waals surface area contributed by atoms with Crippen LogP contribution in [-0.2, 0) is 4.79 Å². The number of rotatable bonds is 4. The van der Waals surface area contributed by atoms with Crippen molar-refractivity contribution >= 4 is 24.2 Å². The lowest BCUT2D eigenvalue weighted by Gasteiger charge is -2.33. The van der Waals surface area contributed by atoms with Crippen molar-refractivity contribution in [3.8, 4) is 0 Å². The van der Waals surface area contributed by atoms with E-state index in [9.17, 15) is 14.0 Å². The van der Waals surface area contributed by atoms with Crippen LogP contribution in [-0.4, -0.2) is 49.4 Å². The number of likely N-dealkylation sites (tertiary alicyclic amines) is 1. The van der Waals surface area contributed by atoms with Crippen LogP contribution in [0.25, 0.3) is 0 Å². The van der Waals surface area contributed by atoms with E-state index in [0.29, 0.717) is 31.1 Å². The first-order valence-corrected chi connectivity index (χ1v) is 8.17.